The van der Waals surface area contributed by atoms with E-state index in [-0.39, 0.29) is 5.92 Å². The van der Waals surface area contributed by atoms with Crippen molar-refractivity contribution in [2.45, 2.75) is 39.2 Å². The average molecular weight is 196 g/mol. The highest BCUT2D eigenvalue weighted by molar-refractivity contribution is 5.11. The van der Waals surface area contributed by atoms with E-state index in [1.807, 2.05) is 20.8 Å². The van der Waals surface area contributed by atoms with Gasteiger partial charge in [0, 0.05) is 6.54 Å². The van der Waals surface area contributed by atoms with Crippen LogP contribution in [0.15, 0.2) is 0 Å². The molecule has 3 nitrogen and oxygen atoms in total. The van der Waals surface area contributed by atoms with Crippen molar-refractivity contribution in [3.05, 3.63) is 0 Å². The van der Waals surface area contributed by atoms with E-state index in [1.54, 1.807) is 0 Å². The molecule has 1 aliphatic heterocycles. The van der Waals surface area contributed by atoms with Gasteiger partial charge in [-0.2, -0.15) is 5.26 Å². The first-order chi connectivity index (χ1) is 6.50. The summed E-state index contributed by atoms with van der Waals surface area (Å²) in [5, 5.41) is 23.0. The third-order valence-corrected chi connectivity index (χ3v) is 3.86. The zero-order valence-corrected chi connectivity index (χ0v) is 9.30. The fourth-order valence-corrected chi connectivity index (χ4v) is 2.31. The Kier molecular flexibility index (Phi) is 3.18. The number of piperidine rings is 1. The molecule has 0 bridgehead atoms. The molecule has 1 aliphatic rings. The van der Waals surface area contributed by atoms with Crippen LogP contribution in [0, 0.1) is 22.7 Å². The molecule has 3 atom stereocenters. The van der Waals surface area contributed by atoms with Crippen molar-refractivity contribution in [1.29, 1.82) is 5.26 Å². The second kappa shape index (κ2) is 3.88. The second-order valence-corrected chi connectivity index (χ2v) is 4.58. The number of nitriles is 1. The van der Waals surface area contributed by atoms with Crippen LogP contribution in [-0.2, 0) is 0 Å². The SMILES string of the molecule is CCC(C)(C#N)C1(O)CCNCC1C. The molecule has 0 amide bonds. The van der Waals surface area contributed by atoms with Crippen molar-refractivity contribution in [1.82, 2.24) is 5.32 Å². The van der Waals surface area contributed by atoms with Gasteiger partial charge < -0.3 is 10.4 Å². The molecule has 1 heterocycles. The topological polar surface area (TPSA) is 56.0 Å². The van der Waals surface area contributed by atoms with Crippen molar-refractivity contribution in [3.63, 3.8) is 0 Å². The monoisotopic (exact) mass is 196 g/mol. The van der Waals surface area contributed by atoms with E-state index in [4.69, 9.17) is 0 Å². The van der Waals surface area contributed by atoms with E-state index < -0.39 is 11.0 Å². The summed E-state index contributed by atoms with van der Waals surface area (Å²) < 4.78 is 0. The van der Waals surface area contributed by atoms with Gasteiger partial charge in [0.1, 0.15) is 0 Å². The maximum atomic E-state index is 10.6. The summed E-state index contributed by atoms with van der Waals surface area (Å²) in [4.78, 5) is 0. The number of aliphatic hydroxyl groups is 1. The lowest BCUT2D eigenvalue weighted by molar-refractivity contribution is -0.108. The number of rotatable bonds is 2. The highest BCUT2D eigenvalue weighted by Gasteiger charge is 2.50. The van der Waals surface area contributed by atoms with Crippen molar-refractivity contribution in [2.75, 3.05) is 13.1 Å². The van der Waals surface area contributed by atoms with Crippen LogP contribution in [0.1, 0.15) is 33.6 Å². The molecule has 1 fully saturated rings. The van der Waals surface area contributed by atoms with E-state index in [0.717, 1.165) is 13.1 Å². The van der Waals surface area contributed by atoms with Crippen LogP contribution in [0.4, 0.5) is 0 Å². The maximum absolute atomic E-state index is 10.6. The Hall–Kier alpha value is -0.590. The second-order valence-electron chi connectivity index (χ2n) is 4.58. The summed E-state index contributed by atoms with van der Waals surface area (Å²) in [5.41, 5.74) is -1.45. The summed E-state index contributed by atoms with van der Waals surface area (Å²) in [5.74, 6) is 0.140. The van der Waals surface area contributed by atoms with E-state index in [0.29, 0.717) is 12.8 Å². The van der Waals surface area contributed by atoms with Crippen LogP contribution in [-0.4, -0.2) is 23.8 Å². The zero-order valence-electron chi connectivity index (χ0n) is 9.30. The number of nitrogens with zero attached hydrogens (tertiary/aromatic N) is 1. The minimum Gasteiger partial charge on any atom is -0.388 e. The van der Waals surface area contributed by atoms with Crippen LogP contribution < -0.4 is 5.32 Å². The molecule has 0 spiro atoms. The first kappa shape index (κ1) is 11.5. The van der Waals surface area contributed by atoms with Crippen molar-refractivity contribution in [3.8, 4) is 6.07 Å². The predicted octanol–water partition coefficient (Wildman–Crippen LogP) is 1.29. The quantitative estimate of drug-likeness (QED) is 0.699. The van der Waals surface area contributed by atoms with Crippen LogP contribution >= 0.6 is 0 Å². The van der Waals surface area contributed by atoms with Crippen LogP contribution in [0.2, 0.25) is 0 Å². The van der Waals surface area contributed by atoms with E-state index >= 15 is 0 Å². The van der Waals surface area contributed by atoms with Gasteiger partial charge in [-0.05, 0) is 32.2 Å². The zero-order chi connectivity index (χ0) is 10.8. The lowest BCUT2D eigenvalue weighted by Gasteiger charge is -2.47. The molecule has 3 heteroatoms. The van der Waals surface area contributed by atoms with Gasteiger partial charge in [-0.15, -0.1) is 0 Å². The number of hydrogen-bond donors (Lipinski definition) is 2. The molecule has 14 heavy (non-hydrogen) atoms. The van der Waals surface area contributed by atoms with Crippen molar-refractivity contribution < 1.29 is 5.11 Å². The number of nitrogens with one attached hydrogen (secondary N) is 1. The summed E-state index contributed by atoms with van der Waals surface area (Å²) in [6.45, 7) is 7.45. The van der Waals surface area contributed by atoms with Gasteiger partial charge in [0.05, 0.1) is 17.1 Å². The fourth-order valence-electron chi connectivity index (χ4n) is 2.31. The van der Waals surface area contributed by atoms with Gasteiger partial charge in [-0.1, -0.05) is 13.8 Å². The lowest BCUT2D eigenvalue weighted by Crippen LogP contribution is -2.57. The minimum absolute atomic E-state index is 0.140. The van der Waals surface area contributed by atoms with E-state index in [2.05, 4.69) is 11.4 Å². The van der Waals surface area contributed by atoms with Crippen LogP contribution in [0.3, 0.4) is 0 Å². The lowest BCUT2D eigenvalue weighted by atomic mass is 9.63. The minimum atomic E-state index is -0.832. The Bertz CT molecular complexity index is 248. The van der Waals surface area contributed by atoms with Gasteiger partial charge in [-0.25, -0.2) is 0 Å². The van der Waals surface area contributed by atoms with E-state index in [1.165, 1.54) is 0 Å². The molecule has 80 valence electrons. The van der Waals surface area contributed by atoms with E-state index in [9.17, 15) is 10.4 Å². The Morgan fingerprint density at radius 1 is 1.71 bits per heavy atom. The Morgan fingerprint density at radius 2 is 2.36 bits per heavy atom. The Labute approximate surface area is 86.1 Å². The first-order valence-corrected chi connectivity index (χ1v) is 5.34. The molecule has 2 N–H and O–H groups in total. The summed E-state index contributed by atoms with van der Waals surface area (Å²) in [7, 11) is 0. The standard InChI is InChI=1S/C11H20N2O/c1-4-10(3,8-12)11(14)5-6-13-7-9(11)2/h9,13-14H,4-7H2,1-3H3. The summed E-state index contributed by atoms with van der Waals surface area (Å²) in [6, 6.07) is 2.29. The van der Waals surface area contributed by atoms with Crippen molar-refractivity contribution in [2.24, 2.45) is 11.3 Å². The molecular weight excluding hydrogens is 176 g/mol. The first-order valence-electron chi connectivity index (χ1n) is 5.34. The fraction of sp³-hybridized carbons (Fsp3) is 0.909. The van der Waals surface area contributed by atoms with Gasteiger partial charge >= 0.3 is 0 Å². The number of hydrogen-bond acceptors (Lipinski definition) is 3. The van der Waals surface area contributed by atoms with Crippen LogP contribution in [0.5, 0.6) is 0 Å². The molecule has 0 aliphatic carbocycles. The predicted molar refractivity (Wildman–Crippen MR) is 55.6 cm³/mol. The smallest absolute Gasteiger partial charge is 0.0879 e. The molecule has 0 aromatic rings. The molecule has 0 aromatic heterocycles. The van der Waals surface area contributed by atoms with Gasteiger partial charge in [-0.3, -0.25) is 0 Å². The Balaban J connectivity index is 2.96. The summed E-state index contributed by atoms with van der Waals surface area (Å²) in [6.07, 6.45) is 1.37. The molecule has 0 radical (unpaired) electrons. The van der Waals surface area contributed by atoms with Gasteiger partial charge in [0.15, 0.2) is 0 Å². The van der Waals surface area contributed by atoms with Gasteiger partial charge in [0.2, 0.25) is 0 Å². The molecule has 1 saturated heterocycles. The molecule has 3 unspecified atom stereocenters. The molecular formula is C11H20N2O. The largest absolute Gasteiger partial charge is 0.388 e. The highest BCUT2D eigenvalue weighted by atomic mass is 16.3. The normalized spacial score (nSPS) is 37.2. The Morgan fingerprint density at radius 3 is 2.79 bits per heavy atom. The van der Waals surface area contributed by atoms with Gasteiger partial charge in [0.25, 0.3) is 0 Å². The summed E-state index contributed by atoms with van der Waals surface area (Å²) >= 11 is 0. The molecule has 0 saturated carbocycles. The highest BCUT2D eigenvalue weighted by Crippen LogP contribution is 2.42. The third-order valence-electron chi connectivity index (χ3n) is 3.86. The molecule has 1 rings (SSSR count). The third kappa shape index (κ3) is 1.53. The average Bonchev–Trinajstić information content (AvgIpc) is 2.21. The molecule has 0 aromatic carbocycles. The van der Waals surface area contributed by atoms with Crippen molar-refractivity contribution >= 4 is 0 Å². The maximum Gasteiger partial charge on any atom is 0.0879 e. The van der Waals surface area contributed by atoms with Crippen LogP contribution in [0.25, 0.3) is 0 Å².